The maximum atomic E-state index is 14.1. The SMILES string of the molecule is COc1nc(N(C)C(=O)O)ncc1-n1nc2c(c1C(C)C)C(c1ccc(C#N)cc1)N(c1cc(Cl)c(=O)n(C)c1)C2=O. The molecule has 1 N–H and O–H groups in total. The van der Waals surface area contributed by atoms with Crippen LogP contribution in [0.1, 0.15) is 58.7 Å². The lowest BCUT2D eigenvalue weighted by atomic mass is 9.94. The molecule has 42 heavy (non-hydrogen) atoms. The number of methoxy groups -OCH3 is 1. The molecule has 13 nitrogen and oxygen atoms in total. The number of rotatable bonds is 6. The summed E-state index contributed by atoms with van der Waals surface area (Å²) in [5, 5.41) is 23.4. The summed E-state index contributed by atoms with van der Waals surface area (Å²) in [6, 6.07) is 9.72. The fraction of sp³-hybridized carbons (Fsp3) is 0.250. The molecule has 4 aromatic rings. The molecule has 1 aromatic carbocycles. The van der Waals surface area contributed by atoms with Gasteiger partial charge in [0.15, 0.2) is 5.69 Å². The number of amides is 2. The fourth-order valence-corrected chi connectivity index (χ4v) is 5.22. The number of pyridine rings is 1. The number of ether oxygens (including phenoxy) is 1. The lowest BCUT2D eigenvalue weighted by molar-refractivity contribution is 0.0988. The van der Waals surface area contributed by atoms with E-state index in [9.17, 15) is 24.8 Å². The number of carbonyl (C=O) groups is 2. The summed E-state index contributed by atoms with van der Waals surface area (Å²) in [6.07, 6.45) is 1.67. The predicted molar refractivity (Wildman–Crippen MR) is 153 cm³/mol. The lowest BCUT2D eigenvalue weighted by Crippen LogP contribution is -2.32. The van der Waals surface area contributed by atoms with E-state index in [4.69, 9.17) is 21.4 Å². The van der Waals surface area contributed by atoms with Gasteiger partial charge in [0.25, 0.3) is 11.5 Å². The van der Waals surface area contributed by atoms with E-state index in [0.29, 0.717) is 33.8 Å². The number of hydrogen-bond acceptors (Lipinski definition) is 8. The Labute approximate surface area is 244 Å². The van der Waals surface area contributed by atoms with Crippen molar-refractivity contribution in [3.63, 3.8) is 0 Å². The Kier molecular flexibility index (Phi) is 7.17. The number of halogens is 1. The molecule has 0 spiro atoms. The van der Waals surface area contributed by atoms with Crippen molar-refractivity contribution in [2.75, 3.05) is 24.0 Å². The van der Waals surface area contributed by atoms with E-state index in [2.05, 4.69) is 16.0 Å². The highest BCUT2D eigenvalue weighted by atomic mass is 35.5. The molecule has 3 aromatic heterocycles. The van der Waals surface area contributed by atoms with Crippen molar-refractivity contribution in [3.05, 3.63) is 86.2 Å². The van der Waals surface area contributed by atoms with Crippen LogP contribution in [0.5, 0.6) is 5.88 Å². The molecule has 5 rings (SSSR count). The van der Waals surface area contributed by atoms with E-state index in [0.717, 1.165) is 4.90 Å². The highest BCUT2D eigenvalue weighted by Gasteiger charge is 2.45. The van der Waals surface area contributed by atoms with Crippen LogP contribution in [-0.4, -0.2) is 55.6 Å². The fourth-order valence-electron chi connectivity index (χ4n) is 4.97. The zero-order chi connectivity index (χ0) is 30.5. The van der Waals surface area contributed by atoms with Gasteiger partial charge in [-0.1, -0.05) is 37.6 Å². The van der Waals surface area contributed by atoms with Gasteiger partial charge in [-0.3, -0.25) is 14.5 Å². The normalized spacial score (nSPS) is 14.2. The predicted octanol–water partition coefficient (Wildman–Crippen LogP) is 3.88. The first kappa shape index (κ1) is 28.3. The van der Waals surface area contributed by atoms with Gasteiger partial charge in [0.2, 0.25) is 11.8 Å². The van der Waals surface area contributed by atoms with Gasteiger partial charge in [-0.15, -0.1) is 0 Å². The van der Waals surface area contributed by atoms with Gasteiger partial charge in [-0.05, 0) is 29.7 Å². The number of nitriles is 1. The summed E-state index contributed by atoms with van der Waals surface area (Å²) in [5.74, 6) is -0.653. The lowest BCUT2D eigenvalue weighted by Gasteiger charge is -2.28. The van der Waals surface area contributed by atoms with E-state index in [1.807, 2.05) is 13.8 Å². The van der Waals surface area contributed by atoms with Crippen LogP contribution in [0, 0.1) is 11.3 Å². The first-order valence-electron chi connectivity index (χ1n) is 12.7. The van der Waals surface area contributed by atoms with Crippen LogP contribution in [0.15, 0.2) is 47.5 Å². The monoisotopic (exact) mass is 588 g/mol. The molecule has 0 aliphatic carbocycles. The number of fused-ring (bicyclic) bond motifs is 1. The first-order valence-corrected chi connectivity index (χ1v) is 13.1. The second-order valence-electron chi connectivity index (χ2n) is 9.89. The summed E-state index contributed by atoms with van der Waals surface area (Å²) in [4.78, 5) is 48.7. The van der Waals surface area contributed by atoms with Gasteiger partial charge < -0.3 is 14.4 Å². The summed E-state index contributed by atoms with van der Waals surface area (Å²) in [5.41, 5.74) is 2.88. The minimum absolute atomic E-state index is 0.0478. The van der Waals surface area contributed by atoms with Crippen molar-refractivity contribution in [2.24, 2.45) is 7.05 Å². The highest BCUT2D eigenvalue weighted by Crippen LogP contribution is 2.46. The highest BCUT2D eigenvalue weighted by molar-refractivity contribution is 6.30. The molecule has 0 fully saturated rings. The van der Waals surface area contributed by atoms with Gasteiger partial charge in [-0.2, -0.15) is 15.3 Å². The molecule has 1 aliphatic rings. The standard InChI is InChI=1S/C28H25ClN8O5/c1-14(2)22-20-21(33-37(22)19-12-31-27(32-24(19)42-5)35(4)28(40)41)26(39)36(17-10-18(29)25(38)34(3)13-17)23(20)16-8-6-15(11-30)7-9-16/h6-10,12-14,23H,1-5H3,(H,40,41). The molecule has 4 heterocycles. The van der Waals surface area contributed by atoms with Crippen molar-refractivity contribution in [2.45, 2.75) is 25.8 Å². The van der Waals surface area contributed by atoms with E-state index >= 15 is 0 Å². The molecule has 0 saturated heterocycles. The molecule has 14 heteroatoms. The van der Waals surface area contributed by atoms with Crippen LogP contribution < -0.4 is 20.1 Å². The molecule has 0 saturated carbocycles. The number of anilines is 2. The topological polar surface area (TPSA) is 159 Å². The number of carboxylic acid groups (broad SMARTS) is 1. The van der Waals surface area contributed by atoms with E-state index < -0.39 is 23.6 Å². The van der Waals surface area contributed by atoms with Crippen LogP contribution in [0.3, 0.4) is 0 Å². The van der Waals surface area contributed by atoms with Gasteiger partial charge in [0.05, 0.1) is 42.4 Å². The average molecular weight is 589 g/mol. The van der Waals surface area contributed by atoms with Crippen LogP contribution >= 0.6 is 11.6 Å². The zero-order valence-corrected chi connectivity index (χ0v) is 24.0. The van der Waals surface area contributed by atoms with Gasteiger partial charge >= 0.3 is 6.09 Å². The van der Waals surface area contributed by atoms with Crippen molar-refractivity contribution in [3.8, 4) is 17.6 Å². The van der Waals surface area contributed by atoms with E-state index in [1.165, 1.54) is 42.1 Å². The number of aryl methyl sites for hydroxylation is 1. The van der Waals surface area contributed by atoms with E-state index in [1.54, 1.807) is 36.0 Å². The maximum Gasteiger partial charge on any atom is 0.413 e. The van der Waals surface area contributed by atoms with Crippen LogP contribution in [-0.2, 0) is 7.05 Å². The third-order valence-corrected chi connectivity index (χ3v) is 7.22. The third-order valence-electron chi connectivity index (χ3n) is 6.95. The van der Waals surface area contributed by atoms with Gasteiger partial charge in [-0.25, -0.2) is 19.4 Å². The molecule has 2 amide bonds. The molecule has 214 valence electrons. The number of aromatic nitrogens is 5. The Morgan fingerprint density at radius 1 is 1.24 bits per heavy atom. The Morgan fingerprint density at radius 2 is 1.93 bits per heavy atom. The molecule has 1 unspecified atom stereocenters. The van der Waals surface area contributed by atoms with Crippen LogP contribution in [0.2, 0.25) is 5.02 Å². The zero-order valence-electron chi connectivity index (χ0n) is 23.2. The maximum absolute atomic E-state index is 14.1. The van der Waals surface area contributed by atoms with Crippen molar-refractivity contribution < 1.29 is 19.4 Å². The largest absolute Gasteiger partial charge is 0.479 e. The summed E-state index contributed by atoms with van der Waals surface area (Å²) >= 11 is 6.24. The smallest absolute Gasteiger partial charge is 0.413 e. The van der Waals surface area contributed by atoms with Crippen molar-refractivity contribution in [1.29, 1.82) is 5.26 Å². The van der Waals surface area contributed by atoms with Crippen molar-refractivity contribution >= 4 is 35.2 Å². The van der Waals surface area contributed by atoms with Crippen LogP contribution in [0.4, 0.5) is 16.4 Å². The van der Waals surface area contributed by atoms with E-state index in [-0.39, 0.29) is 28.5 Å². The Bertz CT molecular complexity index is 1810. The molecule has 0 radical (unpaired) electrons. The first-order chi connectivity index (χ1) is 20.0. The minimum Gasteiger partial charge on any atom is -0.479 e. The summed E-state index contributed by atoms with van der Waals surface area (Å²) in [7, 11) is 4.24. The molecule has 1 aliphatic heterocycles. The third kappa shape index (κ3) is 4.51. The summed E-state index contributed by atoms with van der Waals surface area (Å²) in [6.45, 7) is 3.89. The number of nitrogens with zero attached hydrogens (tertiary/aromatic N) is 8. The quantitative estimate of drug-likeness (QED) is 0.352. The van der Waals surface area contributed by atoms with Crippen LogP contribution in [0.25, 0.3) is 5.69 Å². The summed E-state index contributed by atoms with van der Waals surface area (Å²) < 4.78 is 8.34. The Balaban J connectivity index is 1.76. The molecule has 1 atom stereocenters. The molecular formula is C28H25ClN8O5. The number of carbonyl (C=O) groups excluding carboxylic acids is 1. The Morgan fingerprint density at radius 3 is 2.50 bits per heavy atom. The van der Waals surface area contributed by atoms with Gasteiger partial charge in [0, 0.05) is 25.9 Å². The van der Waals surface area contributed by atoms with Gasteiger partial charge in [0.1, 0.15) is 10.7 Å². The van der Waals surface area contributed by atoms with Crippen molar-refractivity contribution in [1.82, 2.24) is 24.3 Å². The molecule has 0 bridgehead atoms. The molecular weight excluding hydrogens is 564 g/mol. The second kappa shape index (κ2) is 10.6. The average Bonchev–Trinajstić information content (AvgIpc) is 3.49. The number of benzene rings is 1. The minimum atomic E-state index is -1.25. The second-order valence-corrected chi connectivity index (χ2v) is 10.3. The Hall–Kier alpha value is -5.22. The number of hydrogen-bond donors (Lipinski definition) is 1.